The van der Waals surface area contributed by atoms with E-state index in [1.165, 1.54) is 0 Å². The molecule has 2 amide bonds. The smallest absolute Gasteiger partial charge is 0.410 e. The van der Waals surface area contributed by atoms with Crippen LogP contribution in [0.4, 0.5) is 10.5 Å². The van der Waals surface area contributed by atoms with Gasteiger partial charge in [-0.1, -0.05) is 11.6 Å². The number of amides is 2. The first kappa shape index (κ1) is 18.1. The van der Waals surface area contributed by atoms with Gasteiger partial charge < -0.3 is 14.5 Å². The van der Waals surface area contributed by atoms with Crippen molar-refractivity contribution in [3.63, 3.8) is 0 Å². The molecule has 0 unspecified atom stereocenters. The molecule has 0 radical (unpaired) electrons. The van der Waals surface area contributed by atoms with Crippen LogP contribution in [0.15, 0.2) is 18.2 Å². The van der Waals surface area contributed by atoms with Gasteiger partial charge >= 0.3 is 6.09 Å². The van der Waals surface area contributed by atoms with Crippen molar-refractivity contribution in [3.8, 4) is 0 Å². The summed E-state index contributed by atoms with van der Waals surface area (Å²) in [6.45, 7) is 9.09. The molecule has 25 heavy (non-hydrogen) atoms. The number of benzene rings is 1. The number of piperidine rings is 1. The summed E-state index contributed by atoms with van der Waals surface area (Å²) in [5, 5.41) is 0.679. The van der Waals surface area contributed by atoms with Crippen LogP contribution in [0.2, 0.25) is 5.02 Å². The molecule has 1 saturated heterocycles. The van der Waals surface area contributed by atoms with Gasteiger partial charge in [-0.15, -0.1) is 0 Å². The molecule has 1 fully saturated rings. The van der Waals surface area contributed by atoms with Crippen molar-refractivity contribution in [3.05, 3.63) is 28.8 Å². The number of hydrogen-bond acceptors (Lipinski definition) is 3. The molecule has 2 heterocycles. The van der Waals surface area contributed by atoms with E-state index in [-0.39, 0.29) is 17.4 Å². The van der Waals surface area contributed by atoms with Crippen LogP contribution in [0.5, 0.6) is 0 Å². The van der Waals surface area contributed by atoms with Crippen LogP contribution in [0.3, 0.4) is 0 Å². The minimum atomic E-state index is -0.495. The highest BCUT2D eigenvalue weighted by Gasteiger charge is 2.46. The average Bonchev–Trinajstić information content (AvgIpc) is 2.81. The van der Waals surface area contributed by atoms with Gasteiger partial charge in [0, 0.05) is 42.7 Å². The number of likely N-dealkylation sites (tertiary alicyclic amines) is 1. The Labute approximate surface area is 153 Å². The van der Waals surface area contributed by atoms with Crippen LogP contribution in [-0.2, 0) is 14.9 Å². The molecular formula is C19H25ClN2O3. The molecule has 1 spiro atoms. The van der Waals surface area contributed by atoms with E-state index in [0.717, 1.165) is 24.1 Å². The number of nitrogens with zero attached hydrogens (tertiary/aromatic N) is 2. The molecule has 0 aliphatic carbocycles. The lowest BCUT2D eigenvalue weighted by molar-refractivity contribution is -0.116. The largest absolute Gasteiger partial charge is 0.444 e. The van der Waals surface area contributed by atoms with Crippen LogP contribution < -0.4 is 4.90 Å². The molecule has 1 aromatic rings. The van der Waals surface area contributed by atoms with Crippen LogP contribution >= 0.6 is 11.6 Å². The second kappa shape index (κ2) is 6.20. The molecule has 136 valence electrons. The highest BCUT2D eigenvalue weighted by atomic mass is 35.5. The molecule has 0 aromatic heterocycles. The first-order valence-electron chi connectivity index (χ1n) is 8.67. The van der Waals surface area contributed by atoms with Crippen molar-refractivity contribution < 1.29 is 14.3 Å². The maximum absolute atomic E-state index is 12.3. The lowest BCUT2D eigenvalue weighted by Crippen LogP contribution is -2.48. The molecule has 3 rings (SSSR count). The molecule has 5 nitrogen and oxygen atoms in total. The Morgan fingerprint density at radius 3 is 2.40 bits per heavy atom. The second-order valence-corrected chi connectivity index (χ2v) is 8.45. The van der Waals surface area contributed by atoms with Crippen molar-refractivity contribution in [2.45, 2.75) is 51.6 Å². The van der Waals surface area contributed by atoms with Gasteiger partial charge in [0.05, 0.1) is 0 Å². The number of rotatable bonds is 0. The lowest BCUT2D eigenvalue weighted by Gasteiger charge is -2.40. The average molecular weight is 365 g/mol. The van der Waals surface area contributed by atoms with Gasteiger partial charge in [-0.3, -0.25) is 4.79 Å². The van der Waals surface area contributed by atoms with E-state index in [9.17, 15) is 9.59 Å². The standard InChI is InChI=1S/C19H25ClN2O3/c1-13(23)22-12-19(15-11-14(20)5-6-16(15)22)7-9-21(10-8-19)17(24)25-18(2,3)4/h5-6,11H,7-10,12H2,1-4H3. The van der Waals surface area contributed by atoms with E-state index in [1.807, 2.05) is 43.9 Å². The molecule has 0 bridgehead atoms. The Bertz CT molecular complexity index is 703. The third-order valence-corrected chi connectivity index (χ3v) is 5.27. The van der Waals surface area contributed by atoms with Crippen LogP contribution in [0.1, 0.15) is 46.1 Å². The van der Waals surface area contributed by atoms with E-state index in [2.05, 4.69) is 0 Å². The maximum atomic E-state index is 12.3. The first-order chi connectivity index (χ1) is 11.6. The number of halogens is 1. The summed E-state index contributed by atoms with van der Waals surface area (Å²) in [5.41, 5.74) is 1.44. The van der Waals surface area contributed by atoms with Gasteiger partial charge in [0.15, 0.2) is 0 Å². The van der Waals surface area contributed by atoms with Crippen molar-refractivity contribution in [1.29, 1.82) is 0 Å². The Morgan fingerprint density at radius 2 is 1.84 bits per heavy atom. The zero-order valence-electron chi connectivity index (χ0n) is 15.3. The van der Waals surface area contributed by atoms with Crippen molar-refractivity contribution in [2.24, 2.45) is 0 Å². The zero-order chi connectivity index (χ0) is 18.4. The highest BCUT2D eigenvalue weighted by Crippen LogP contribution is 2.48. The van der Waals surface area contributed by atoms with Gasteiger partial charge in [-0.05, 0) is 57.4 Å². The minimum Gasteiger partial charge on any atom is -0.444 e. The number of ether oxygens (including phenoxy) is 1. The van der Waals surface area contributed by atoms with Gasteiger partial charge in [0.2, 0.25) is 5.91 Å². The fraction of sp³-hybridized carbons (Fsp3) is 0.579. The van der Waals surface area contributed by atoms with Crippen molar-refractivity contribution >= 4 is 29.3 Å². The van der Waals surface area contributed by atoms with Crippen LogP contribution in [0.25, 0.3) is 0 Å². The number of carbonyl (C=O) groups excluding carboxylic acids is 2. The van der Waals surface area contributed by atoms with Gasteiger partial charge in [-0.25, -0.2) is 4.79 Å². The molecule has 2 aliphatic heterocycles. The molecule has 0 saturated carbocycles. The topological polar surface area (TPSA) is 49.9 Å². The summed E-state index contributed by atoms with van der Waals surface area (Å²) >= 11 is 6.22. The van der Waals surface area contributed by atoms with Crippen molar-refractivity contribution in [2.75, 3.05) is 24.5 Å². The highest BCUT2D eigenvalue weighted by molar-refractivity contribution is 6.30. The van der Waals surface area contributed by atoms with Gasteiger partial charge in [-0.2, -0.15) is 0 Å². The fourth-order valence-electron chi connectivity index (χ4n) is 3.79. The SMILES string of the molecule is CC(=O)N1CC2(CCN(C(=O)OC(C)(C)C)CC2)c2cc(Cl)ccc21. The lowest BCUT2D eigenvalue weighted by atomic mass is 9.74. The van der Waals surface area contributed by atoms with Gasteiger partial charge in [0.25, 0.3) is 0 Å². The Morgan fingerprint density at radius 1 is 1.20 bits per heavy atom. The summed E-state index contributed by atoms with van der Waals surface area (Å²) in [5.74, 6) is 0.0371. The number of hydrogen-bond donors (Lipinski definition) is 0. The summed E-state index contributed by atoms with van der Waals surface area (Å²) in [4.78, 5) is 28.0. The van der Waals surface area contributed by atoms with E-state index in [4.69, 9.17) is 16.3 Å². The minimum absolute atomic E-state index is 0.0371. The Kier molecular flexibility index (Phi) is 4.48. The number of fused-ring (bicyclic) bond motifs is 2. The van der Waals surface area contributed by atoms with E-state index in [0.29, 0.717) is 24.7 Å². The first-order valence-corrected chi connectivity index (χ1v) is 9.05. The Hall–Kier alpha value is -1.75. The van der Waals surface area contributed by atoms with E-state index in [1.54, 1.807) is 11.8 Å². The summed E-state index contributed by atoms with van der Waals surface area (Å²) < 4.78 is 5.48. The number of carbonyl (C=O) groups is 2. The van der Waals surface area contributed by atoms with E-state index >= 15 is 0 Å². The van der Waals surface area contributed by atoms with Crippen LogP contribution in [-0.4, -0.2) is 42.1 Å². The monoisotopic (exact) mass is 364 g/mol. The predicted molar refractivity (Wildman–Crippen MR) is 98.2 cm³/mol. The molecular weight excluding hydrogens is 340 g/mol. The zero-order valence-corrected chi connectivity index (χ0v) is 16.0. The fourth-order valence-corrected chi connectivity index (χ4v) is 3.97. The summed E-state index contributed by atoms with van der Waals surface area (Å²) in [6.07, 6.45) is 1.32. The maximum Gasteiger partial charge on any atom is 0.410 e. The molecule has 2 aliphatic rings. The summed E-state index contributed by atoms with van der Waals surface area (Å²) in [6, 6.07) is 5.72. The number of anilines is 1. The van der Waals surface area contributed by atoms with Crippen LogP contribution in [0, 0.1) is 0 Å². The molecule has 1 aromatic carbocycles. The molecule has 0 atom stereocenters. The Balaban J connectivity index is 1.80. The normalized spacial score (nSPS) is 19.1. The molecule has 0 N–H and O–H groups in total. The van der Waals surface area contributed by atoms with Crippen molar-refractivity contribution in [1.82, 2.24) is 4.90 Å². The van der Waals surface area contributed by atoms with E-state index < -0.39 is 5.60 Å². The predicted octanol–water partition coefficient (Wildman–Crippen LogP) is 3.98. The summed E-state index contributed by atoms with van der Waals surface area (Å²) in [7, 11) is 0. The third-order valence-electron chi connectivity index (χ3n) is 5.03. The molecule has 6 heteroatoms. The van der Waals surface area contributed by atoms with Gasteiger partial charge in [0.1, 0.15) is 5.60 Å². The second-order valence-electron chi connectivity index (χ2n) is 8.01. The quantitative estimate of drug-likeness (QED) is 0.699. The third kappa shape index (κ3) is 3.47.